The fourth-order valence-electron chi connectivity index (χ4n) is 2.90. The molecule has 6 nitrogen and oxygen atoms in total. The summed E-state index contributed by atoms with van der Waals surface area (Å²) >= 11 is 11.8. The van der Waals surface area contributed by atoms with Gasteiger partial charge in [0.15, 0.2) is 17.3 Å². The van der Waals surface area contributed by atoms with Crippen LogP contribution in [0.15, 0.2) is 42.5 Å². The predicted octanol–water partition coefficient (Wildman–Crippen LogP) is 4.55. The molecule has 0 aromatic heterocycles. The van der Waals surface area contributed by atoms with Crippen LogP contribution in [0.2, 0.25) is 0 Å². The Bertz CT molecular complexity index is 872. The molecule has 1 amide bonds. The zero-order valence-corrected chi connectivity index (χ0v) is 18.6. The number of hydrogen-bond donors (Lipinski definition) is 1. The Morgan fingerprint density at radius 3 is 2.33 bits per heavy atom. The molecule has 0 radical (unpaired) electrons. The van der Waals surface area contributed by atoms with Crippen molar-refractivity contribution in [2.75, 3.05) is 14.2 Å². The molecule has 2 aromatic rings. The third-order valence-electron chi connectivity index (χ3n) is 4.40. The van der Waals surface area contributed by atoms with Crippen LogP contribution in [0, 0.1) is 0 Å². The Labute approximate surface area is 186 Å². The first-order chi connectivity index (χ1) is 14.3. The van der Waals surface area contributed by atoms with Gasteiger partial charge in [0.1, 0.15) is 17.2 Å². The second-order valence-corrected chi connectivity index (χ2v) is 7.74. The average molecular weight is 454 g/mol. The molecule has 0 heterocycles. The molecule has 0 aliphatic carbocycles. The summed E-state index contributed by atoms with van der Waals surface area (Å²) in [6.07, 6.45) is 0.484. The van der Waals surface area contributed by atoms with Gasteiger partial charge in [-0.05, 0) is 36.2 Å². The van der Waals surface area contributed by atoms with Crippen LogP contribution in [0.1, 0.15) is 35.7 Å². The van der Waals surface area contributed by atoms with Gasteiger partial charge in [-0.25, -0.2) is 0 Å². The van der Waals surface area contributed by atoms with E-state index in [9.17, 15) is 9.59 Å². The van der Waals surface area contributed by atoms with E-state index in [0.29, 0.717) is 29.2 Å². The van der Waals surface area contributed by atoms with Crippen LogP contribution in [0.5, 0.6) is 17.2 Å². The van der Waals surface area contributed by atoms with Crippen molar-refractivity contribution in [2.45, 2.75) is 37.3 Å². The lowest BCUT2D eigenvalue weighted by Gasteiger charge is -2.18. The fraction of sp³-hybridized carbons (Fsp3) is 0.364. The number of benzene rings is 2. The SMILES string of the molecule is COc1ccc(COc2ccccc2C(=O)CCC(NC(C)=O)C(Cl)Cl)cc1OC. The number of ether oxygens (including phenoxy) is 3. The lowest BCUT2D eigenvalue weighted by atomic mass is 10.0. The van der Waals surface area contributed by atoms with Gasteiger partial charge in [-0.3, -0.25) is 9.59 Å². The number of carbonyl (C=O) groups is 2. The maximum atomic E-state index is 12.8. The molecule has 0 saturated carbocycles. The van der Waals surface area contributed by atoms with Crippen molar-refractivity contribution in [3.8, 4) is 17.2 Å². The van der Waals surface area contributed by atoms with E-state index in [-0.39, 0.29) is 24.7 Å². The number of carbonyl (C=O) groups excluding carboxylic acids is 2. The monoisotopic (exact) mass is 453 g/mol. The van der Waals surface area contributed by atoms with Crippen LogP contribution in [0.3, 0.4) is 0 Å². The van der Waals surface area contributed by atoms with Crippen molar-refractivity contribution in [3.63, 3.8) is 0 Å². The largest absolute Gasteiger partial charge is 0.493 e. The van der Waals surface area contributed by atoms with Crippen molar-refractivity contribution in [1.82, 2.24) is 5.32 Å². The number of methoxy groups -OCH3 is 2. The van der Waals surface area contributed by atoms with Gasteiger partial charge in [-0.1, -0.05) is 18.2 Å². The molecule has 0 fully saturated rings. The first kappa shape index (κ1) is 23.8. The van der Waals surface area contributed by atoms with Crippen LogP contribution in [0.4, 0.5) is 0 Å². The number of ketones is 1. The third-order valence-corrected chi connectivity index (χ3v) is 5.01. The summed E-state index contributed by atoms with van der Waals surface area (Å²) in [4.78, 5) is 23.2. The van der Waals surface area contributed by atoms with Gasteiger partial charge in [-0.15, -0.1) is 23.2 Å². The van der Waals surface area contributed by atoms with Gasteiger partial charge < -0.3 is 19.5 Å². The molecule has 8 heteroatoms. The minimum absolute atomic E-state index is 0.123. The van der Waals surface area contributed by atoms with Crippen molar-refractivity contribution in [3.05, 3.63) is 53.6 Å². The first-order valence-electron chi connectivity index (χ1n) is 9.36. The number of hydrogen-bond acceptors (Lipinski definition) is 5. The Morgan fingerprint density at radius 1 is 1.00 bits per heavy atom. The molecule has 30 heavy (non-hydrogen) atoms. The summed E-state index contributed by atoms with van der Waals surface area (Å²) in [6, 6.07) is 12.0. The van der Waals surface area contributed by atoms with E-state index >= 15 is 0 Å². The summed E-state index contributed by atoms with van der Waals surface area (Å²) in [6.45, 7) is 1.63. The summed E-state index contributed by atoms with van der Waals surface area (Å²) in [5.41, 5.74) is 1.33. The van der Waals surface area contributed by atoms with Gasteiger partial charge in [0.25, 0.3) is 0 Å². The Kier molecular flexibility index (Phi) is 9.27. The standard InChI is InChI=1S/C22H25Cl2NO5/c1-14(26)25-17(22(23)24)9-10-18(27)16-6-4-5-7-19(16)30-13-15-8-11-20(28-2)21(12-15)29-3/h4-8,11-12,17,22H,9-10,13H2,1-3H3,(H,25,26). The number of nitrogens with one attached hydrogen (secondary N) is 1. The zero-order chi connectivity index (χ0) is 22.1. The minimum atomic E-state index is -0.807. The first-order valence-corrected chi connectivity index (χ1v) is 10.2. The normalized spacial score (nSPS) is 11.7. The number of Topliss-reactive ketones (excluding diaryl/α,β-unsaturated/α-hetero) is 1. The Morgan fingerprint density at radius 2 is 1.70 bits per heavy atom. The molecule has 0 bridgehead atoms. The van der Waals surface area contributed by atoms with Gasteiger partial charge >= 0.3 is 0 Å². The summed E-state index contributed by atoms with van der Waals surface area (Å²) in [7, 11) is 3.14. The van der Waals surface area contributed by atoms with E-state index in [1.807, 2.05) is 12.1 Å². The molecule has 0 saturated heterocycles. The molecule has 1 N–H and O–H groups in total. The molecule has 162 valence electrons. The number of rotatable bonds is 11. The molecule has 0 spiro atoms. The van der Waals surface area contributed by atoms with Crippen molar-refractivity contribution in [2.24, 2.45) is 0 Å². The second kappa shape index (κ2) is 11.7. The van der Waals surface area contributed by atoms with Gasteiger partial charge in [0.2, 0.25) is 5.91 Å². The molecular weight excluding hydrogens is 429 g/mol. The highest BCUT2D eigenvalue weighted by molar-refractivity contribution is 6.44. The highest BCUT2D eigenvalue weighted by Crippen LogP contribution is 2.29. The van der Waals surface area contributed by atoms with Crippen LogP contribution < -0.4 is 19.5 Å². The molecule has 2 rings (SSSR count). The highest BCUT2D eigenvalue weighted by atomic mass is 35.5. The molecule has 0 aliphatic heterocycles. The van der Waals surface area contributed by atoms with Gasteiger partial charge in [0, 0.05) is 13.3 Å². The van der Waals surface area contributed by atoms with Crippen molar-refractivity contribution < 1.29 is 23.8 Å². The number of para-hydroxylation sites is 1. The summed E-state index contributed by atoms with van der Waals surface area (Å²) in [5.74, 6) is 1.33. The molecular formula is C22H25Cl2NO5. The van der Waals surface area contributed by atoms with Gasteiger partial charge in [0.05, 0.1) is 25.8 Å². The number of amides is 1. The minimum Gasteiger partial charge on any atom is -0.493 e. The Hall–Kier alpha value is -2.44. The quantitative estimate of drug-likeness (QED) is 0.398. The van der Waals surface area contributed by atoms with Crippen LogP contribution in [0.25, 0.3) is 0 Å². The zero-order valence-electron chi connectivity index (χ0n) is 17.1. The van der Waals surface area contributed by atoms with Crippen LogP contribution in [-0.4, -0.2) is 36.8 Å². The lowest BCUT2D eigenvalue weighted by Crippen LogP contribution is -2.38. The third kappa shape index (κ3) is 6.82. The number of alkyl halides is 2. The summed E-state index contributed by atoms with van der Waals surface area (Å²) in [5, 5.41) is 2.66. The molecule has 0 aliphatic rings. The predicted molar refractivity (Wildman–Crippen MR) is 117 cm³/mol. The second-order valence-electron chi connectivity index (χ2n) is 6.58. The average Bonchev–Trinajstić information content (AvgIpc) is 2.74. The van der Waals surface area contributed by atoms with E-state index in [1.165, 1.54) is 6.92 Å². The van der Waals surface area contributed by atoms with E-state index in [2.05, 4.69) is 5.32 Å². The maximum absolute atomic E-state index is 12.8. The fourth-order valence-corrected chi connectivity index (χ4v) is 3.28. The molecule has 1 atom stereocenters. The van der Waals surface area contributed by atoms with E-state index in [1.54, 1.807) is 44.6 Å². The highest BCUT2D eigenvalue weighted by Gasteiger charge is 2.21. The summed E-state index contributed by atoms with van der Waals surface area (Å²) < 4.78 is 16.4. The van der Waals surface area contributed by atoms with E-state index in [0.717, 1.165) is 5.56 Å². The van der Waals surface area contributed by atoms with Crippen LogP contribution >= 0.6 is 23.2 Å². The lowest BCUT2D eigenvalue weighted by molar-refractivity contribution is -0.119. The van der Waals surface area contributed by atoms with E-state index in [4.69, 9.17) is 37.4 Å². The maximum Gasteiger partial charge on any atom is 0.217 e. The topological polar surface area (TPSA) is 73.9 Å². The van der Waals surface area contributed by atoms with Crippen LogP contribution in [-0.2, 0) is 11.4 Å². The smallest absolute Gasteiger partial charge is 0.217 e. The van der Waals surface area contributed by atoms with Crippen molar-refractivity contribution in [1.29, 1.82) is 0 Å². The van der Waals surface area contributed by atoms with Crippen molar-refractivity contribution >= 4 is 34.9 Å². The number of halogens is 2. The molecule has 1 unspecified atom stereocenters. The Balaban J connectivity index is 2.06. The molecule has 2 aromatic carbocycles. The van der Waals surface area contributed by atoms with E-state index < -0.39 is 10.9 Å². The van der Waals surface area contributed by atoms with Gasteiger partial charge in [-0.2, -0.15) is 0 Å².